The number of allylic oxidation sites excluding steroid dienone is 1. The van der Waals surface area contributed by atoms with Gasteiger partial charge < -0.3 is 4.74 Å². The zero-order chi connectivity index (χ0) is 11.3. The van der Waals surface area contributed by atoms with E-state index >= 15 is 0 Å². The number of methoxy groups -OCH3 is 1. The number of hydrogen-bond acceptors (Lipinski definition) is 2. The second kappa shape index (κ2) is 3.45. The summed E-state index contributed by atoms with van der Waals surface area (Å²) < 4.78 is 5.86. The van der Waals surface area contributed by atoms with Gasteiger partial charge in [0.2, 0.25) is 0 Å². The van der Waals surface area contributed by atoms with Crippen LogP contribution in [-0.4, -0.2) is 13.1 Å². The maximum Gasteiger partial charge on any atom is 0.335 e. The van der Waals surface area contributed by atoms with E-state index in [0.717, 1.165) is 16.5 Å². The second-order valence-electron chi connectivity index (χ2n) is 4.22. The van der Waals surface area contributed by atoms with E-state index in [2.05, 4.69) is 34.1 Å². The zero-order valence-corrected chi connectivity index (χ0v) is 10.5. The molecule has 2 nitrogen and oxygen atoms in total. The predicted octanol–water partition coefficient (Wildman–Crippen LogP) is 3.09. The van der Waals surface area contributed by atoms with Gasteiger partial charge in [-0.3, -0.25) is 0 Å². The molecule has 2 aliphatic carbocycles. The maximum absolute atomic E-state index is 11.7. The van der Waals surface area contributed by atoms with Crippen molar-refractivity contribution >= 4 is 21.9 Å². The molecular weight excluding hydrogens is 268 g/mol. The molecule has 0 N–H and O–H groups in total. The van der Waals surface area contributed by atoms with Gasteiger partial charge in [0.15, 0.2) is 0 Å². The molecule has 0 spiro atoms. The SMILES string of the molecule is COC(=O)C1=C(Br)[C@@H]2C[C@H]1c1ccccc12. The lowest BCUT2D eigenvalue weighted by Gasteiger charge is -2.17. The summed E-state index contributed by atoms with van der Waals surface area (Å²) in [4.78, 5) is 11.7. The number of ether oxygens (including phenoxy) is 1. The van der Waals surface area contributed by atoms with E-state index in [-0.39, 0.29) is 11.9 Å². The van der Waals surface area contributed by atoms with Crippen molar-refractivity contribution in [2.24, 2.45) is 0 Å². The Morgan fingerprint density at radius 3 is 2.56 bits per heavy atom. The molecule has 0 radical (unpaired) electrons. The van der Waals surface area contributed by atoms with Crippen LogP contribution >= 0.6 is 15.9 Å². The first-order chi connectivity index (χ1) is 7.74. The van der Waals surface area contributed by atoms with Crippen LogP contribution in [0.1, 0.15) is 29.4 Å². The molecule has 3 rings (SSSR count). The fraction of sp³-hybridized carbons (Fsp3) is 0.308. The van der Waals surface area contributed by atoms with Crippen molar-refractivity contribution in [1.29, 1.82) is 0 Å². The Hall–Kier alpha value is -1.09. The fourth-order valence-corrected chi connectivity index (χ4v) is 3.72. The molecule has 3 heteroatoms. The van der Waals surface area contributed by atoms with E-state index in [4.69, 9.17) is 4.74 Å². The normalized spacial score (nSPS) is 25.9. The highest BCUT2D eigenvalue weighted by Crippen LogP contribution is 2.58. The minimum absolute atomic E-state index is 0.200. The molecule has 0 aromatic heterocycles. The summed E-state index contributed by atoms with van der Waals surface area (Å²) in [5.41, 5.74) is 3.45. The van der Waals surface area contributed by atoms with Crippen molar-refractivity contribution in [2.45, 2.75) is 18.3 Å². The van der Waals surface area contributed by atoms with Crippen molar-refractivity contribution in [3.8, 4) is 0 Å². The maximum atomic E-state index is 11.7. The molecule has 0 saturated carbocycles. The Labute approximate surface area is 102 Å². The topological polar surface area (TPSA) is 26.3 Å². The van der Waals surface area contributed by atoms with Crippen molar-refractivity contribution in [1.82, 2.24) is 0 Å². The van der Waals surface area contributed by atoms with Crippen LogP contribution in [0.15, 0.2) is 34.3 Å². The van der Waals surface area contributed by atoms with Gasteiger partial charge in [-0.05, 0) is 17.5 Å². The van der Waals surface area contributed by atoms with Gasteiger partial charge >= 0.3 is 5.97 Å². The number of rotatable bonds is 1. The fourth-order valence-electron chi connectivity index (χ4n) is 2.85. The van der Waals surface area contributed by atoms with Gasteiger partial charge in [-0.25, -0.2) is 4.79 Å². The average molecular weight is 279 g/mol. The Balaban J connectivity index is 2.12. The largest absolute Gasteiger partial charge is 0.466 e. The van der Waals surface area contributed by atoms with Gasteiger partial charge in [0.1, 0.15) is 0 Å². The van der Waals surface area contributed by atoms with Gasteiger partial charge in [-0.2, -0.15) is 0 Å². The van der Waals surface area contributed by atoms with Crippen molar-refractivity contribution in [3.63, 3.8) is 0 Å². The molecule has 0 aliphatic heterocycles. The third kappa shape index (κ3) is 1.15. The molecule has 0 saturated heterocycles. The van der Waals surface area contributed by atoms with Gasteiger partial charge in [-0.1, -0.05) is 40.2 Å². The van der Waals surface area contributed by atoms with E-state index in [9.17, 15) is 4.79 Å². The lowest BCUT2D eigenvalue weighted by Crippen LogP contribution is -2.12. The Bertz CT molecular complexity index is 504. The third-order valence-electron chi connectivity index (χ3n) is 3.54. The number of hydrogen-bond donors (Lipinski definition) is 0. The molecule has 2 bridgehead atoms. The minimum atomic E-state index is -0.200. The van der Waals surface area contributed by atoms with E-state index in [1.807, 2.05) is 6.07 Å². The quantitative estimate of drug-likeness (QED) is 0.738. The lowest BCUT2D eigenvalue weighted by molar-refractivity contribution is -0.136. The van der Waals surface area contributed by atoms with E-state index in [0.29, 0.717) is 5.92 Å². The molecule has 0 unspecified atom stereocenters. The average Bonchev–Trinajstić information content (AvgIpc) is 2.84. The smallest absolute Gasteiger partial charge is 0.335 e. The standard InChI is InChI=1S/C13H11BrO2/c1-16-13(15)11-9-6-10(12(11)14)8-5-3-2-4-7(8)9/h2-5,9-10H,6H2,1H3/t9-,10+/m0/s1. The summed E-state index contributed by atoms with van der Waals surface area (Å²) in [6, 6.07) is 8.34. The van der Waals surface area contributed by atoms with Crippen LogP contribution < -0.4 is 0 Å². The van der Waals surface area contributed by atoms with Crippen molar-refractivity contribution in [3.05, 3.63) is 45.4 Å². The molecule has 82 valence electrons. The lowest BCUT2D eigenvalue weighted by atomic mass is 9.91. The summed E-state index contributed by atoms with van der Waals surface area (Å²) in [6.07, 6.45) is 1.00. The van der Waals surface area contributed by atoms with Gasteiger partial charge in [-0.15, -0.1) is 0 Å². The number of esters is 1. The third-order valence-corrected chi connectivity index (χ3v) is 4.52. The van der Waals surface area contributed by atoms with Crippen LogP contribution in [0.2, 0.25) is 0 Å². The van der Waals surface area contributed by atoms with E-state index in [1.165, 1.54) is 18.2 Å². The molecule has 2 atom stereocenters. The van der Waals surface area contributed by atoms with Crippen molar-refractivity contribution < 1.29 is 9.53 Å². The highest BCUT2D eigenvalue weighted by molar-refractivity contribution is 9.11. The Morgan fingerprint density at radius 2 is 1.94 bits per heavy atom. The first-order valence-electron chi connectivity index (χ1n) is 5.30. The van der Waals surface area contributed by atoms with Crippen molar-refractivity contribution in [2.75, 3.05) is 7.11 Å². The van der Waals surface area contributed by atoms with E-state index in [1.54, 1.807) is 0 Å². The first kappa shape index (κ1) is 10.1. The number of fused-ring (bicyclic) bond motifs is 5. The van der Waals surface area contributed by atoms with Gasteiger partial charge in [0.25, 0.3) is 0 Å². The van der Waals surface area contributed by atoms with E-state index < -0.39 is 0 Å². The van der Waals surface area contributed by atoms with Gasteiger partial charge in [0, 0.05) is 16.3 Å². The first-order valence-corrected chi connectivity index (χ1v) is 6.10. The van der Waals surface area contributed by atoms with Crippen LogP contribution in [0.5, 0.6) is 0 Å². The summed E-state index contributed by atoms with van der Waals surface area (Å²) >= 11 is 3.55. The molecule has 0 amide bonds. The number of halogens is 1. The Kier molecular flexibility index (Phi) is 2.18. The predicted molar refractivity (Wildman–Crippen MR) is 64.5 cm³/mol. The highest BCUT2D eigenvalue weighted by atomic mass is 79.9. The van der Waals surface area contributed by atoms with Crippen LogP contribution in [0, 0.1) is 0 Å². The molecule has 0 fully saturated rings. The van der Waals surface area contributed by atoms with Crippen LogP contribution in [0.25, 0.3) is 0 Å². The van der Waals surface area contributed by atoms with Gasteiger partial charge in [0.05, 0.1) is 12.7 Å². The highest BCUT2D eigenvalue weighted by Gasteiger charge is 2.45. The summed E-state index contributed by atoms with van der Waals surface area (Å²) in [5, 5.41) is 0. The molecule has 16 heavy (non-hydrogen) atoms. The molecule has 2 aliphatic rings. The molecule has 1 aromatic carbocycles. The van der Waals surface area contributed by atoms with Crippen LogP contribution in [0.3, 0.4) is 0 Å². The summed E-state index contributed by atoms with van der Waals surface area (Å²) in [5.74, 6) is 0.382. The second-order valence-corrected chi connectivity index (χ2v) is 5.08. The number of carbonyl (C=O) groups is 1. The van der Waals surface area contributed by atoms with Crippen LogP contribution in [-0.2, 0) is 9.53 Å². The zero-order valence-electron chi connectivity index (χ0n) is 8.87. The number of carbonyl (C=O) groups excluding carboxylic acids is 1. The molecule has 1 aromatic rings. The monoisotopic (exact) mass is 278 g/mol. The molecular formula is C13H11BrO2. The number of benzene rings is 1. The minimum Gasteiger partial charge on any atom is -0.466 e. The summed E-state index contributed by atoms with van der Waals surface area (Å²) in [7, 11) is 1.44. The summed E-state index contributed by atoms with van der Waals surface area (Å²) in [6.45, 7) is 0. The Morgan fingerprint density at radius 1 is 1.31 bits per heavy atom. The molecule has 0 heterocycles. The van der Waals surface area contributed by atoms with Crippen LogP contribution in [0.4, 0.5) is 0 Å².